The summed E-state index contributed by atoms with van der Waals surface area (Å²) in [5.74, 6) is -1.79. The molecule has 0 saturated heterocycles. The number of hydrogen-bond acceptors (Lipinski definition) is 2. The van der Waals surface area contributed by atoms with Crippen LogP contribution < -0.4 is 10.5 Å². The van der Waals surface area contributed by atoms with Crippen LogP contribution in [-0.2, 0) is 6.42 Å². The molecule has 0 radical (unpaired) electrons. The highest BCUT2D eigenvalue weighted by Crippen LogP contribution is 2.32. The summed E-state index contributed by atoms with van der Waals surface area (Å²) in [6.45, 7) is 0.201. The molecule has 0 unspecified atom stereocenters. The van der Waals surface area contributed by atoms with Gasteiger partial charge in [-0.2, -0.15) is 0 Å². The van der Waals surface area contributed by atoms with Gasteiger partial charge in [-0.05, 0) is 19.0 Å². The predicted octanol–water partition coefficient (Wildman–Crippen LogP) is 2.13. The van der Waals surface area contributed by atoms with Crippen LogP contribution in [-0.4, -0.2) is 13.7 Å². The lowest BCUT2D eigenvalue weighted by molar-refractivity contribution is 0.398. The molecule has 0 fully saturated rings. The van der Waals surface area contributed by atoms with E-state index < -0.39 is 11.6 Å². The van der Waals surface area contributed by atoms with E-state index in [1.807, 2.05) is 0 Å². The van der Waals surface area contributed by atoms with Gasteiger partial charge in [0.05, 0.1) is 12.1 Å². The Labute approximate surface area is 85.6 Å². The highest BCUT2D eigenvalue weighted by atomic mass is 35.5. The van der Waals surface area contributed by atoms with Crippen LogP contribution >= 0.6 is 11.6 Å². The van der Waals surface area contributed by atoms with Crippen molar-refractivity contribution in [2.45, 2.75) is 6.42 Å². The molecule has 0 aromatic heterocycles. The number of hydrogen-bond donors (Lipinski definition) is 1. The predicted molar refractivity (Wildman–Crippen MR) is 50.7 cm³/mol. The van der Waals surface area contributed by atoms with Gasteiger partial charge in [0, 0.05) is 5.56 Å². The fraction of sp³-hybridized carbons (Fsp3) is 0.333. The summed E-state index contributed by atoms with van der Waals surface area (Å²) in [7, 11) is 1.35. The topological polar surface area (TPSA) is 35.2 Å². The molecule has 0 atom stereocenters. The maximum Gasteiger partial charge on any atom is 0.165 e. The molecule has 2 N–H and O–H groups in total. The van der Waals surface area contributed by atoms with Crippen molar-refractivity contribution >= 4 is 11.6 Å². The third-order valence-electron chi connectivity index (χ3n) is 1.82. The van der Waals surface area contributed by atoms with Crippen LogP contribution in [0.5, 0.6) is 5.75 Å². The zero-order chi connectivity index (χ0) is 10.7. The maximum atomic E-state index is 13.2. The van der Waals surface area contributed by atoms with Gasteiger partial charge < -0.3 is 10.5 Å². The largest absolute Gasteiger partial charge is 0.495 e. The molecule has 0 aliphatic carbocycles. The maximum absolute atomic E-state index is 13.2. The van der Waals surface area contributed by atoms with Crippen LogP contribution in [0.1, 0.15) is 5.56 Å². The van der Waals surface area contributed by atoms with Crippen LogP contribution in [0.15, 0.2) is 6.07 Å². The molecule has 0 heterocycles. The fourth-order valence-electron chi connectivity index (χ4n) is 1.22. The summed E-state index contributed by atoms with van der Waals surface area (Å²) in [5, 5.41) is 0.0508. The number of benzene rings is 1. The van der Waals surface area contributed by atoms with Crippen molar-refractivity contribution in [1.82, 2.24) is 0 Å². The van der Waals surface area contributed by atoms with E-state index in [4.69, 9.17) is 22.1 Å². The van der Waals surface area contributed by atoms with E-state index in [2.05, 4.69) is 0 Å². The van der Waals surface area contributed by atoms with Crippen LogP contribution in [0.4, 0.5) is 8.78 Å². The molecule has 0 aliphatic rings. The first-order chi connectivity index (χ1) is 6.61. The van der Waals surface area contributed by atoms with Gasteiger partial charge in [0.25, 0.3) is 0 Å². The summed E-state index contributed by atoms with van der Waals surface area (Å²) in [5.41, 5.74) is 5.35. The lowest BCUT2D eigenvalue weighted by Gasteiger charge is -2.10. The third kappa shape index (κ3) is 1.96. The van der Waals surface area contributed by atoms with Gasteiger partial charge in [0.15, 0.2) is 11.6 Å². The van der Waals surface area contributed by atoms with Crippen LogP contribution in [0.2, 0.25) is 5.02 Å². The van der Waals surface area contributed by atoms with E-state index in [0.29, 0.717) is 0 Å². The molecule has 14 heavy (non-hydrogen) atoms. The summed E-state index contributed by atoms with van der Waals surface area (Å²) in [4.78, 5) is 0. The Bertz CT molecular complexity index is 344. The zero-order valence-electron chi connectivity index (χ0n) is 7.61. The SMILES string of the molecule is COc1c(Cl)cc(F)c(F)c1CCN. The second-order valence-electron chi connectivity index (χ2n) is 2.70. The number of ether oxygens (including phenoxy) is 1. The minimum absolute atomic E-state index is 0.0508. The van der Waals surface area contributed by atoms with Gasteiger partial charge in [0.1, 0.15) is 5.75 Å². The Hall–Kier alpha value is -0.870. The van der Waals surface area contributed by atoms with Crippen molar-refractivity contribution in [2.24, 2.45) is 5.73 Å². The highest BCUT2D eigenvalue weighted by Gasteiger charge is 2.17. The molecule has 1 aromatic rings. The van der Waals surface area contributed by atoms with Gasteiger partial charge >= 0.3 is 0 Å². The first-order valence-corrected chi connectivity index (χ1v) is 4.40. The quantitative estimate of drug-likeness (QED) is 0.794. The van der Waals surface area contributed by atoms with Gasteiger partial charge in [-0.25, -0.2) is 8.78 Å². The number of rotatable bonds is 3. The van der Waals surface area contributed by atoms with E-state index in [1.54, 1.807) is 0 Å². The van der Waals surface area contributed by atoms with Crippen LogP contribution in [0.3, 0.4) is 0 Å². The Morgan fingerprint density at radius 3 is 2.64 bits per heavy atom. The van der Waals surface area contributed by atoms with E-state index in [0.717, 1.165) is 6.07 Å². The van der Waals surface area contributed by atoms with Gasteiger partial charge in [-0.3, -0.25) is 0 Å². The van der Waals surface area contributed by atoms with Gasteiger partial charge in [0.2, 0.25) is 0 Å². The van der Waals surface area contributed by atoms with Crippen molar-refractivity contribution in [2.75, 3.05) is 13.7 Å². The lowest BCUT2D eigenvalue weighted by Crippen LogP contribution is -2.08. The van der Waals surface area contributed by atoms with E-state index >= 15 is 0 Å². The first-order valence-electron chi connectivity index (χ1n) is 4.02. The molecule has 0 aliphatic heterocycles. The Balaban J connectivity index is 3.32. The number of nitrogens with two attached hydrogens (primary N) is 1. The molecule has 2 nitrogen and oxygen atoms in total. The third-order valence-corrected chi connectivity index (χ3v) is 2.10. The minimum atomic E-state index is -0.987. The second kappa shape index (κ2) is 4.57. The molecule has 1 rings (SSSR count). The molecule has 0 bridgehead atoms. The smallest absolute Gasteiger partial charge is 0.165 e. The lowest BCUT2D eigenvalue weighted by atomic mass is 10.1. The number of halogens is 3. The van der Waals surface area contributed by atoms with E-state index in [1.165, 1.54) is 7.11 Å². The van der Waals surface area contributed by atoms with E-state index in [9.17, 15) is 8.78 Å². The Morgan fingerprint density at radius 2 is 2.14 bits per heavy atom. The number of methoxy groups -OCH3 is 1. The molecule has 0 amide bonds. The summed E-state index contributed by atoms with van der Waals surface area (Å²) in [6, 6.07) is 0.885. The Kier molecular flexibility index (Phi) is 3.66. The average molecular weight is 222 g/mol. The zero-order valence-corrected chi connectivity index (χ0v) is 8.37. The minimum Gasteiger partial charge on any atom is -0.495 e. The van der Waals surface area contributed by atoms with E-state index in [-0.39, 0.29) is 29.3 Å². The molecule has 1 aromatic carbocycles. The molecular formula is C9H10ClF2NO. The molecule has 0 spiro atoms. The monoisotopic (exact) mass is 221 g/mol. The molecule has 0 saturated carbocycles. The van der Waals surface area contributed by atoms with Crippen LogP contribution in [0.25, 0.3) is 0 Å². The molecule has 5 heteroatoms. The summed E-state index contributed by atoms with van der Waals surface area (Å²) < 4.78 is 31.0. The van der Waals surface area contributed by atoms with Crippen molar-refractivity contribution in [3.05, 3.63) is 28.3 Å². The fourth-order valence-corrected chi connectivity index (χ4v) is 1.50. The van der Waals surface area contributed by atoms with Gasteiger partial charge in [-0.15, -0.1) is 0 Å². The highest BCUT2D eigenvalue weighted by molar-refractivity contribution is 6.32. The standard InChI is InChI=1S/C9H10ClF2NO/c1-14-9-5(2-3-13)8(12)7(11)4-6(9)10/h4H,2-3,13H2,1H3. The van der Waals surface area contributed by atoms with Crippen molar-refractivity contribution in [3.63, 3.8) is 0 Å². The van der Waals surface area contributed by atoms with Gasteiger partial charge in [-0.1, -0.05) is 11.6 Å². The second-order valence-corrected chi connectivity index (χ2v) is 3.11. The Morgan fingerprint density at radius 1 is 1.50 bits per heavy atom. The van der Waals surface area contributed by atoms with Crippen molar-refractivity contribution in [3.8, 4) is 5.75 Å². The summed E-state index contributed by atoms with van der Waals surface area (Å²) >= 11 is 5.67. The average Bonchev–Trinajstić information content (AvgIpc) is 2.14. The van der Waals surface area contributed by atoms with Crippen molar-refractivity contribution < 1.29 is 13.5 Å². The summed E-state index contributed by atoms with van der Waals surface area (Å²) in [6.07, 6.45) is 0.187. The van der Waals surface area contributed by atoms with Crippen LogP contribution in [0, 0.1) is 11.6 Å². The normalized spacial score (nSPS) is 10.4. The first kappa shape index (κ1) is 11.2. The van der Waals surface area contributed by atoms with Crippen molar-refractivity contribution in [1.29, 1.82) is 0 Å². The molecule has 78 valence electrons. The molecular weight excluding hydrogens is 212 g/mol.